The van der Waals surface area contributed by atoms with E-state index < -0.39 is 0 Å². The average molecular weight is 279 g/mol. The molecule has 0 bridgehead atoms. The highest BCUT2D eigenvalue weighted by atomic mass is 35.5. The Bertz CT molecular complexity index is 707. The fourth-order valence-corrected chi connectivity index (χ4v) is 2.27. The highest BCUT2D eigenvalue weighted by Crippen LogP contribution is 2.14. The first-order valence-corrected chi connectivity index (χ1v) is 6.35. The van der Waals surface area contributed by atoms with Crippen molar-refractivity contribution in [2.75, 3.05) is 5.32 Å². The van der Waals surface area contributed by atoms with Crippen LogP contribution in [0.5, 0.6) is 0 Å². The summed E-state index contributed by atoms with van der Waals surface area (Å²) in [5.74, 6) is 0.266. The predicted molar refractivity (Wildman–Crippen MR) is 70.3 cm³/mol. The zero-order chi connectivity index (χ0) is 12.5. The van der Waals surface area contributed by atoms with Crippen LogP contribution < -0.4 is 5.32 Å². The smallest absolute Gasteiger partial charge is 0.266 e. The Morgan fingerprint density at radius 3 is 3.06 bits per heavy atom. The number of carbonyl (C=O) groups excluding carboxylic acids is 1. The summed E-state index contributed by atoms with van der Waals surface area (Å²) in [7, 11) is 0. The third-order valence-corrected chi connectivity index (χ3v) is 3.34. The normalized spacial score (nSPS) is 10.7. The molecule has 0 saturated heterocycles. The third kappa shape index (κ3) is 2.07. The number of amides is 1. The van der Waals surface area contributed by atoms with Gasteiger partial charge in [-0.2, -0.15) is 5.10 Å². The van der Waals surface area contributed by atoms with Crippen LogP contribution in [0.2, 0.25) is 5.15 Å². The highest BCUT2D eigenvalue weighted by molar-refractivity contribution is 7.12. The summed E-state index contributed by atoms with van der Waals surface area (Å²) in [6.45, 7) is 0. The number of nitrogens with zero attached hydrogens (tertiary/aromatic N) is 3. The summed E-state index contributed by atoms with van der Waals surface area (Å²) >= 11 is 7.15. The largest absolute Gasteiger partial charge is 0.304 e. The SMILES string of the molecule is O=C(Nc1cn2nc(Cl)ccc2n1)c1cccs1. The summed E-state index contributed by atoms with van der Waals surface area (Å²) in [5, 5.41) is 8.97. The number of imidazole rings is 1. The van der Waals surface area contributed by atoms with Crippen molar-refractivity contribution < 1.29 is 4.79 Å². The fourth-order valence-electron chi connectivity index (χ4n) is 1.50. The van der Waals surface area contributed by atoms with E-state index in [1.54, 1.807) is 24.4 Å². The number of hydrogen-bond acceptors (Lipinski definition) is 4. The lowest BCUT2D eigenvalue weighted by Gasteiger charge is -1.96. The number of thiophene rings is 1. The first-order chi connectivity index (χ1) is 8.72. The minimum atomic E-state index is -0.181. The van der Waals surface area contributed by atoms with Gasteiger partial charge in [0.2, 0.25) is 0 Å². The first-order valence-electron chi connectivity index (χ1n) is 5.09. The van der Waals surface area contributed by atoms with Gasteiger partial charge in [-0.1, -0.05) is 17.7 Å². The topological polar surface area (TPSA) is 59.3 Å². The van der Waals surface area contributed by atoms with Crippen molar-refractivity contribution in [1.82, 2.24) is 14.6 Å². The number of fused-ring (bicyclic) bond motifs is 1. The van der Waals surface area contributed by atoms with Gasteiger partial charge in [0.15, 0.2) is 11.5 Å². The number of aromatic nitrogens is 3. The Balaban J connectivity index is 1.89. The molecule has 3 rings (SSSR count). The average Bonchev–Trinajstić information content (AvgIpc) is 2.95. The van der Waals surface area contributed by atoms with E-state index in [-0.39, 0.29) is 5.91 Å². The molecule has 0 atom stereocenters. The number of hydrogen-bond donors (Lipinski definition) is 1. The van der Waals surface area contributed by atoms with Crippen LogP contribution in [0.3, 0.4) is 0 Å². The van der Waals surface area contributed by atoms with Crippen LogP contribution in [0, 0.1) is 0 Å². The van der Waals surface area contributed by atoms with Crippen LogP contribution in [0.15, 0.2) is 35.8 Å². The Kier molecular flexibility index (Phi) is 2.73. The van der Waals surface area contributed by atoms with Gasteiger partial charge >= 0.3 is 0 Å². The molecule has 0 aliphatic heterocycles. The molecule has 0 fully saturated rings. The molecule has 1 N–H and O–H groups in total. The fraction of sp³-hybridized carbons (Fsp3) is 0. The van der Waals surface area contributed by atoms with E-state index >= 15 is 0 Å². The van der Waals surface area contributed by atoms with Crippen molar-refractivity contribution in [3.05, 3.63) is 45.9 Å². The lowest BCUT2D eigenvalue weighted by Crippen LogP contribution is -2.10. The maximum atomic E-state index is 11.8. The molecule has 0 aromatic carbocycles. The van der Waals surface area contributed by atoms with E-state index in [1.807, 2.05) is 11.4 Å². The van der Waals surface area contributed by atoms with Crippen molar-refractivity contribution in [2.24, 2.45) is 0 Å². The van der Waals surface area contributed by atoms with Gasteiger partial charge in [0, 0.05) is 0 Å². The molecule has 7 heteroatoms. The van der Waals surface area contributed by atoms with Gasteiger partial charge in [-0.25, -0.2) is 9.50 Å². The van der Waals surface area contributed by atoms with Gasteiger partial charge in [0.1, 0.15) is 5.15 Å². The molecule has 5 nitrogen and oxygen atoms in total. The van der Waals surface area contributed by atoms with Crippen LogP contribution in [-0.4, -0.2) is 20.5 Å². The van der Waals surface area contributed by atoms with Crippen molar-refractivity contribution in [2.45, 2.75) is 0 Å². The Hall–Kier alpha value is -1.92. The van der Waals surface area contributed by atoms with Crippen LogP contribution in [0.4, 0.5) is 5.82 Å². The summed E-state index contributed by atoms with van der Waals surface area (Å²) in [6.07, 6.45) is 1.62. The standard InChI is InChI=1S/C11H7ClN4OS/c12-8-3-4-10-13-9(6-16(10)15-8)14-11(17)7-2-1-5-18-7/h1-6H,(H,14,17). The zero-order valence-electron chi connectivity index (χ0n) is 9.00. The monoisotopic (exact) mass is 278 g/mol. The maximum absolute atomic E-state index is 11.8. The number of nitrogens with one attached hydrogen (secondary N) is 1. The number of rotatable bonds is 2. The van der Waals surface area contributed by atoms with E-state index in [4.69, 9.17) is 11.6 Å². The molecular formula is C11H7ClN4OS. The molecule has 0 spiro atoms. The summed E-state index contributed by atoms with van der Waals surface area (Å²) < 4.78 is 1.52. The molecular weight excluding hydrogens is 272 g/mol. The number of halogens is 1. The summed E-state index contributed by atoms with van der Waals surface area (Å²) in [6, 6.07) is 6.96. The molecule has 3 heterocycles. The Labute approximate surface area is 111 Å². The number of carbonyl (C=O) groups is 1. The van der Waals surface area contributed by atoms with Crippen molar-refractivity contribution in [3.8, 4) is 0 Å². The van der Waals surface area contributed by atoms with Gasteiger partial charge in [-0.05, 0) is 23.6 Å². The molecule has 18 heavy (non-hydrogen) atoms. The Morgan fingerprint density at radius 1 is 1.39 bits per heavy atom. The molecule has 1 amide bonds. The molecule has 3 aromatic heterocycles. The lowest BCUT2D eigenvalue weighted by atomic mass is 10.4. The quantitative estimate of drug-likeness (QED) is 0.784. The second-order valence-electron chi connectivity index (χ2n) is 3.52. The zero-order valence-corrected chi connectivity index (χ0v) is 10.6. The molecule has 0 radical (unpaired) electrons. The van der Waals surface area contributed by atoms with E-state index in [9.17, 15) is 4.79 Å². The lowest BCUT2D eigenvalue weighted by molar-refractivity contribution is 0.103. The van der Waals surface area contributed by atoms with Crippen LogP contribution in [0.25, 0.3) is 5.65 Å². The first kappa shape index (κ1) is 11.2. The van der Waals surface area contributed by atoms with Gasteiger partial charge in [-0.15, -0.1) is 11.3 Å². The Morgan fingerprint density at radius 2 is 2.28 bits per heavy atom. The van der Waals surface area contributed by atoms with Gasteiger partial charge in [0.25, 0.3) is 5.91 Å². The van der Waals surface area contributed by atoms with Crippen molar-refractivity contribution >= 4 is 40.3 Å². The van der Waals surface area contributed by atoms with Gasteiger partial charge in [-0.3, -0.25) is 4.79 Å². The van der Waals surface area contributed by atoms with Crippen molar-refractivity contribution in [3.63, 3.8) is 0 Å². The third-order valence-electron chi connectivity index (χ3n) is 2.27. The summed E-state index contributed by atoms with van der Waals surface area (Å²) in [5.41, 5.74) is 0.626. The van der Waals surface area contributed by atoms with Crippen LogP contribution in [0.1, 0.15) is 9.67 Å². The van der Waals surface area contributed by atoms with Gasteiger partial charge in [0.05, 0.1) is 11.1 Å². The van der Waals surface area contributed by atoms with Gasteiger partial charge < -0.3 is 5.32 Å². The van der Waals surface area contributed by atoms with E-state index in [0.29, 0.717) is 21.5 Å². The van der Waals surface area contributed by atoms with E-state index in [1.165, 1.54) is 15.9 Å². The van der Waals surface area contributed by atoms with E-state index in [0.717, 1.165) is 0 Å². The number of anilines is 1. The van der Waals surface area contributed by atoms with Crippen molar-refractivity contribution in [1.29, 1.82) is 0 Å². The molecule has 0 saturated carbocycles. The van der Waals surface area contributed by atoms with Crippen LogP contribution in [-0.2, 0) is 0 Å². The highest BCUT2D eigenvalue weighted by Gasteiger charge is 2.09. The summed E-state index contributed by atoms with van der Waals surface area (Å²) in [4.78, 5) is 16.7. The molecule has 90 valence electrons. The molecule has 0 aliphatic carbocycles. The minimum Gasteiger partial charge on any atom is -0.304 e. The second kappa shape index (κ2) is 4.40. The predicted octanol–water partition coefficient (Wildman–Crippen LogP) is 2.70. The molecule has 0 aliphatic rings. The van der Waals surface area contributed by atoms with Crippen LogP contribution >= 0.6 is 22.9 Å². The molecule has 3 aromatic rings. The minimum absolute atomic E-state index is 0.181. The second-order valence-corrected chi connectivity index (χ2v) is 4.85. The maximum Gasteiger partial charge on any atom is 0.266 e. The van der Waals surface area contributed by atoms with E-state index in [2.05, 4.69) is 15.4 Å². The molecule has 0 unspecified atom stereocenters.